The van der Waals surface area contributed by atoms with Crippen LogP contribution in [0, 0.1) is 4.77 Å². The van der Waals surface area contributed by atoms with E-state index in [0.29, 0.717) is 20.6 Å². The van der Waals surface area contributed by atoms with Crippen LogP contribution < -0.4 is 10.9 Å². The molecule has 5 nitrogen and oxygen atoms in total. The van der Waals surface area contributed by atoms with E-state index < -0.39 is 0 Å². The van der Waals surface area contributed by atoms with Gasteiger partial charge >= 0.3 is 0 Å². The van der Waals surface area contributed by atoms with Crippen molar-refractivity contribution in [3.8, 4) is 0 Å². The predicted molar refractivity (Wildman–Crippen MR) is 73.7 cm³/mol. The molecule has 1 aromatic heterocycles. The Labute approximate surface area is 113 Å². The maximum absolute atomic E-state index is 5.77. The van der Waals surface area contributed by atoms with Crippen LogP contribution in [0.25, 0.3) is 0 Å². The summed E-state index contributed by atoms with van der Waals surface area (Å²) in [5, 5.41) is 6.08. The summed E-state index contributed by atoms with van der Waals surface area (Å²) >= 11 is 15.7. The van der Waals surface area contributed by atoms with Crippen LogP contribution in [0.15, 0.2) is 24.3 Å². The molecule has 0 spiro atoms. The molecule has 0 saturated carbocycles. The fourth-order valence-electron chi connectivity index (χ4n) is 1.10. The molecular formula is C9H8ClN5S2. The predicted octanol–water partition coefficient (Wildman–Crippen LogP) is 2.41. The molecule has 0 amide bonds. The molecule has 0 aliphatic carbocycles. The average Bonchev–Trinajstić information content (AvgIpc) is 2.75. The van der Waals surface area contributed by atoms with Crippen LogP contribution in [0.4, 0.5) is 5.69 Å². The zero-order valence-corrected chi connectivity index (χ0v) is 10.8. The first-order valence-corrected chi connectivity index (χ1v) is 5.81. The highest BCUT2D eigenvalue weighted by Crippen LogP contribution is 2.12. The highest BCUT2D eigenvalue weighted by atomic mass is 35.5. The SMILES string of the molecule is S=C(NNc1ccc(Cl)cc1)c1nc(=S)[nH][nH]1. The summed E-state index contributed by atoms with van der Waals surface area (Å²) in [6.45, 7) is 0. The number of anilines is 1. The van der Waals surface area contributed by atoms with Gasteiger partial charge in [0.15, 0.2) is 10.8 Å². The lowest BCUT2D eigenvalue weighted by Gasteiger charge is -2.08. The average molecular weight is 286 g/mol. The van der Waals surface area contributed by atoms with Gasteiger partial charge in [0.25, 0.3) is 0 Å². The second-order valence-electron chi connectivity index (χ2n) is 3.10. The number of nitrogens with one attached hydrogen (secondary N) is 4. The van der Waals surface area contributed by atoms with E-state index >= 15 is 0 Å². The zero-order valence-electron chi connectivity index (χ0n) is 8.45. The van der Waals surface area contributed by atoms with E-state index in [0.717, 1.165) is 5.69 Å². The van der Waals surface area contributed by atoms with E-state index in [1.54, 1.807) is 12.1 Å². The molecule has 0 bridgehead atoms. The number of hydrogen-bond donors (Lipinski definition) is 4. The number of hydrazine groups is 1. The second-order valence-corrected chi connectivity index (χ2v) is 4.33. The summed E-state index contributed by atoms with van der Waals surface area (Å²) in [6.07, 6.45) is 0. The summed E-state index contributed by atoms with van der Waals surface area (Å²) in [5.74, 6) is 0.478. The number of halogens is 1. The lowest BCUT2D eigenvalue weighted by atomic mass is 10.3. The molecule has 2 rings (SSSR count). The van der Waals surface area contributed by atoms with Gasteiger partial charge in [-0.25, -0.2) is 0 Å². The third-order valence-corrected chi connectivity index (χ3v) is 2.62. The first-order chi connectivity index (χ1) is 8.15. The molecule has 0 unspecified atom stereocenters. The Hall–Kier alpha value is -1.44. The van der Waals surface area contributed by atoms with Crippen molar-refractivity contribution >= 4 is 46.7 Å². The Morgan fingerprint density at radius 3 is 2.53 bits per heavy atom. The Balaban J connectivity index is 1.96. The quantitative estimate of drug-likeness (QED) is 0.515. The fourth-order valence-corrected chi connectivity index (χ4v) is 1.52. The summed E-state index contributed by atoms with van der Waals surface area (Å²) in [4.78, 5) is 4.39. The minimum atomic E-state index is 0.357. The van der Waals surface area contributed by atoms with Gasteiger partial charge in [0.1, 0.15) is 0 Å². The van der Waals surface area contributed by atoms with E-state index in [4.69, 9.17) is 36.0 Å². The lowest BCUT2D eigenvalue weighted by Crippen LogP contribution is -2.29. The molecule has 0 radical (unpaired) electrons. The molecule has 0 atom stereocenters. The van der Waals surface area contributed by atoms with Gasteiger partial charge in [-0.3, -0.25) is 15.6 Å². The van der Waals surface area contributed by atoms with Gasteiger partial charge in [-0.1, -0.05) is 23.8 Å². The normalized spacial score (nSPS) is 9.94. The minimum Gasteiger partial charge on any atom is -0.300 e. The topological polar surface area (TPSA) is 68.5 Å². The maximum atomic E-state index is 5.77. The number of nitrogens with zero attached hydrogens (tertiary/aromatic N) is 1. The Bertz CT molecular complexity index is 574. The Morgan fingerprint density at radius 2 is 1.94 bits per heavy atom. The first-order valence-electron chi connectivity index (χ1n) is 4.62. The van der Waals surface area contributed by atoms with Gasteiger partial charge in [0.2, 0.25) is 4.77 Å². The lowest BCUT2D eigenvalue weighted by molar-refractivity contribution is 1.05. The molecule has 88 valence electrons. The molecule has 8 heteroatoms. The molecule has 0 fully saturated rings. The van der Waals surface area contributed by atoms with Crippen LogP contribution in [0.2, 0.25) is 5.02 Å². The molecule has 1 aromatic carbocycles. The maximum Gasteiger partial charge on any atom is 0.213 e. The smallest absolute Gasteiger partial charge is 0.213 e. The van der Waals surface area contributed by atoms with Crippen molar-refractivity contribution in [1.82, 2.24) is 20.6 Å². The zero-order chi connectivity index (χ0) is 12.3. The summed E-state index contributed by atoms with van der Waals surface area (Å²) in [6, 6.07) is 7.20. The molecule has 2 aromatic rings. The molecule has 17 heavy (non-hydrogen) atoms. The number of aromatic amines is 2. The van der Waals surface area contributed by atoms with Crippen LogP contribution in [0.1, 0.15) is 5.82 Å². The molecular weight excluding hydrogens is 278 g/mol. The number of thiocarbonyl (C=S) groups is 1. The van der Waals surface area contributed by atoms with Gasteiger partial charge in [-0.15, -0.1) is 0 Å². The van der Waals surface area contributed by atoms with E-state index in [-0.39, 0.29) is 0 Å². The summed E-state index contributed by atoms with van der Waals surface area (Å²) < 4.78 is 0.357. The third kappa shape index (κ3) is 3.26. The van der Waals surface area contributed by atoms with Crippen molar-refractivity contribution in [2.75, 3.05) is 5.43 Å². The molecule has 0 aliphatic heterocycles. The number of hydrogen-bond acceptors (Lipinski definition) is 4. The van der Waals surface area contributed by atoms with E-state index in [1.165, 1.54) is 0 Å². The van der Waals surface area contributed by atoms with E-state index in [1.807, 2.05) is 12.1 Å². The minimum absolute atomic E-state index is 0.357. The number of rotatable bonds is 3. The van der Waals surface area contributed by atoms with Crippen LogP contribution in [0.5, 0.6) is 0 Å². The number of aromatic nitrogens is 3. The monoisotopic (exact) mass is 285 g/mol. The van der Waals surface area contributed by atoms with Gasteiger partial charge in [-0.2, -0.15) is 4.98 Å². The molecule has 4 N–H and O–H groups in total. The van der Waals surface area contributed by atoms with Crippen molar-refractivity contribution in [3.05, 3.63) is 39.9 Å². The highest BCUT2D eigenvalue weighted by molar-refractivity contribution is 7.80. The highest BCUT2D eigenvalue weighted by Gasteiger charge is 2.03. The fraction of sp³-hybridized carbons (Fsp3) is 0. The Kier molecular flexibility index (Phi) is 3.72. The van der Waals surface area contributed by atoms with Crippen LogP contribution in [-0.2, 0) is 0 Å². The largest absolute Gasteiger partial charge is 0.300 e. The van der Waals surface area contributed by atoms with Crippen molar-refractivity contribution in [2.24, 2.45) is 0 Å². The van der Waals surface area contributed by atoms with Crippen LogP contribution in [0.3, 0.4) is 0 Å². The Morgan fingerprint density at radius 1 is 1.24 bits per heavy atom. The van der Waals surface area contributed by atoms with Crippen molar-refractivity contribution in [3.63, 3.8) is 0 Å². The van der Waals surface area contributed by atoms with Gasteiger partial charge in [0.05, 0.1) is 5.69 Å². The molecule has 0 aliphatic rings. The van der Waals surface area contributed by atoms with Crippen LogP contribution in [-0.4, -0.2) is 20.2 Å². The van der Waals surface area contributed by atoms with Crippen LogP contribution >= 0.6 is 36.0 Å². The molecule has 0 saturated heterocycles. The number of H-pyrrole nitrogens is 2. The first kappa shape index (κ1) is 12.0. The van der Waals surface area contributed by atoms with Crippen molar-refractivity contribution in [1.29, 1.82) is 0 Å². The van der Waals surface area contributed by atoms with Gasteiger partial charge < -0.3 is 5.43 Å². The number of benzene rings is 1. The van der Waals surface area contributed by atoms with E-state index in [9.17, 15) is 0 Å². The van der Waals surface area contributed by atoms with E-state index in [2.05, 4.69) is 26.0 Å². The van der Waals surface area contributed by atoms with Crippen molar-refractivity contribution in [2.45, 2.75) is 0 Å². The standard InChI is InChI=1S/C9H8ClN5S2/c10-5-1-3-6(4-2-5)12-14-8(16)7-11-9(17)15-13-7/h1-4,12H,(H,14,16)(H2,11,13,15,17). The van der Waals surface area contributed by atoms with Gasteiger partial charge in [0, 0.05) is 5.02 Å². The summed E-state index contributed by atoms with van der Waals surface area (Å²) in [5.41, 5.74) is 6.59. The van der Waals surface area contributed by atoms with Gasteiger partial charge in [-0.05, 0) is 36.5 Å². The third-order valence-electron chi connectivity index (χ3n) is 1.88. The second kappa shape index (κ2) is 5.26. The summed E-state index contributed by atoms with van der Waals surface area (Å²) in [7, 11) is 0. The van der Waals surface area contributed by atoms with Crippen molar-refractivity contribution < 1.29 is 0 Å². The molecule has 1 heterocycles.